The van der Waals surface area contributed by atoms with Crippen LogP contribution >= 0.6 is 11.6 Å². The number of hydrogen-bond donors (Lipinski definition) is 1. The third kappa shape index (κ3) is 6.64. The molecule has 1 N–H and O–H groups in total. The minimum atomic E-state index is -0.346. The second-order valence-electron chi connectivity index (χ2n) is 6.72. The monoisotopic (exact) mass is 423 g/mol. The molecular formula is C24H22ClNO4. The second-order valence-corrected chi connectivity index (χ2v) is 7.16. The molecule has 0 unspecified atom stereocenters. The van der Waals surface area contributed by atoms with Gasteiger partial charge in [0.2, 0.25) is 0 Å². The Kier molecular flexibility index (Phi) is 7.46. The number of hydrogen-bond acceptors (Lipinski definition) is 4. The van der Waals surface area contributed by atoms with Gasteiger partial charge in [-0.05, 0) is 74.0 Å². The number of ether oxygens (including phenoxy) is 2. The van der Waals surface area contributed by atoms with E-state index in [4.69, 9.17) is 21.1 Å². The highest BCUT2D eigenvalue weighted by atomic mass is 35.5. The highest BCUT2D eigenvalue weighted by molar-refractivity contribution is 6.30. The largest absolute Gasteiger partial charge is 0.494 e. The third-order valence-corrected chi connectivity index (χ3v) is 4.52. The van der Waals surface area contributed by atoms with Gasteiger partial charge in [0, 0.05) is 22.7 Å². The molecular weight excluding hydrogens is 402 g/mol. The van der Waals surface area contributed by atoms with Crippen molar-refractivity contribution in [3.8, 4) is 11.5 Å². The van der Waals surface area contributed by atoms with Gasteiger partial charge in [-0.3, -0.25) is 9.59 Å². The smallest absolute Gasteiger partial charge is 0.311 e. The van der Waals surface area contributed by atoms with Crippen LogP contribution in [0.4, 0.5) is 5.69 Å². The summed E-state index contributed by atoms with van der Waals surface area (Å²) in [5.74, 6) is 0.563. The fraction of sp³-hybridized carbons (Fsp3) is 0.167. The van der Waals surface area contributed by atoms with Crippen LogP contribution in [0, 0.1) is 6.92 Å². The Morgan fingerprint density at radius 2 is 1.50 bits per heavy atom. The summed E-state index contributed by atoms with van der Waals surface area (Å²) in [6.45, 7) is 2.44. The molecule has 0 saturated heterocycles. The van der Waals surface area contributed by atoms with E-state index in [9.17, 15) is 9.59 Å². The number of carbonyl (C=O) groups is 2. The van der Waals surface area contributed by atoms with Gasteiger partial charge in [-0.15, -0.1) is 0 Å². The average molecular weight is 424 g/mol. The number of anilines is 1. The van der Waals surface area contributed by atoms with Gasteiger partial charge in [-0.25, -0.2) is 0 Å². The number of benzene rings is 3. The molecule has 0 radical (unpaired) electrons. The molecule has 0 spiro atoms. The highest BCUT2D eigenvalue weighted by Crippen LogP contribution is 2.17. The molecule has 0 heterocycles. The van der Waals surface area contributed by atoms with E-state index in [1.807, 2.05) is 31.2 Å². The Bertz CT molecular complexity index is 983. The van der Waals surface area contributed by atoms with E-state index in [2.05, 4.69) is 5.32 Å². The predicted octanol–water partition coefficient (Wildman–Crippen LogP) is 5.67. The van der Waals surface area contributed by atoms with Crippen molar-refractivity contribution >= 4 is 29.2 Å². The highest BCUT2D eigenvalue weighted by Gasteiger charge is 2.09. The van der Waals surface area contributed by atoms with Crippen LogP contribution in [0.5, 0.6) is 11.5 Å². The standard InChI is InChI=1S/C24H22ClNO4/c1-17-4-12-21(13-5-17)29-16-2-3-23(27)30-22-14-6-18(7-15-22)24(28)26-20-10-8-19(25)9-11-20/h4-15H,2-3,16H2,1H3,(H,26,28). The molecule has 3 aromatic rings. The van der Waals surface area contributed by atoms with Gasteiger partial charge in [0.05, 0.1) is 6.61 Å². The Morgan fingerprint density at radius 1 is 0.867 bits per heavy atom. The Balaban J connectivity index is 1.41. The molecule has 0 aliphatic heterocycles. The SMILES string of the molecule is Cc1ccc(OCCCC(=O)Oc2ccc(C(=O)Nc3ccc(Cl)cc3)cc2)cc1. The number of halogens is 1. The van der Waals surface area contributed by atoms with Crippen molar-refractivity contribution in [1.29, 1.82) is 0 Å². The lowest BCUT2D eigenvalue weighted by molar-refractivity contribution is -0.134. The molecule has 30 heavy (non-hydrogen) atoms. The summed E-state index contributed by atoms with van der Waals surface area (Å²) in [5, 5.41) is 3.38. The summed E-state index contributed by atoms with van der Waals surface area (Å²) in [6.07, 6.45) is 0.791. The van der Waals surface area contributed by atoms with Crippen molar-refractivity contribution in [2.75, 3.05) is 11.9 Å². The van der Waals surface area contributed by atoms with E-state index in [-0.39, 0.29) is 18.3 Å². The number of aryl methyl sites for hydroxylation is 1. The molecule has 0 atom stereocenters. The van der Waals surface area contributed by atoms with E-state index in [1.54, 1.807) is 48.5 Å². The average Bonchev–Trinajstić information content (AvgIpc) is 2.74. The van der Waals surface area contributed by atoms with E-state index >= 15 is 0 Å². The molecule has 0 saturated carbocycles. The van der Waals surface area contributed by atoms with Crippen LogP contribution in [0.2, 0.25) is 5.02 Å². The molecule has 3 rings (SSSR count). The first-order valence-corrected chi connectivity index (χ1v) is 9.94. The molecule has 1 amide bonds. The van der Waals surface area contributed by atoms with Gasteiger partial charge in [0.1, 0.15) is 11.5 Å². The first-order chi connectivity index (χ1) is 14.5. The zero-order valence-corrected chi connectivity index (χ0v) is 17.3. The summed E-state index contributed by atoms with van der Waals surface area (Å²) < 4.78 is 10.9. The van der Waals surface area contributed by atoms with Gasteiger partial charge in [0.25, 0.3) is 5.91 Å². The van der Waals surface area contributed by atoms with E-state index < -0.39 is 0 Å². The predicted molar refractivity (Wildman–Crippen MR) is 117 cm³/mol. The minimum Gasteiger partial charge on any atom is -0.494 e. The lowest BCUT2D eigenvalue weighted by atomic mass is 10.2. The van der Waals surface area contributed by atoms with Crippen LogP contribution in [0.1, 0.15) is 28.8 Å². The molecule has 0 fully saturated rings. The number of carbonyl (C=O) groups excluding carboxylic acids is 2. The van der Waals surface area contributed by atoms with Crippen LogP contribution in [-0.4, -0.2) is 18.5 Å². The Morgan fingerprint density at radius 3 is 2.17 bits per heavy atom. The van der Waals surface area contributed by atoms with Crippen LogP contribution in [0.15, 0.2) is 72.8 Å². The van der Waals surface area contributed by atoms with Crippen LogP contribution < -0.4 is 14.8 Å². The summed E-state index contributed by atoms with van der Waals surface area (Å²) in [4.78, 5) is 24.3. The number of nitrogens with one attached hydrogen (secondary N) is 1. The first kappa shape index (κ1) is 21.4. The normalized spacial score (nSPS) is 10.3. The van der Waals surface area contributed by atoms with E-state index in [0.29, 0.717) is 35.1 Å². The van der Waals surface area contributed by atoms with Gasteiger partial charge >= 0.3 is 5.97 Å². The van der Waals surface area contributed by atoms with Crippen molar-refractivity contribution in [2.24, 2.45) is 0 Å². The van der Waals surface area contributed by atoms with Crippen LogP contribution in [-0.2, 0) is 4.79 Å². The van der Waals surface area contributed by atoms with E-state index in [0.717, 1.165) is 5.75 Å². The van der Waals surface area contributed by atoms with Crippen molar-refractivity contribution in [2.45, 2.75) is 19.8 Å². The van der Waals surface area contributed by atoms with Crippen LogP contribution in [0.25, 0.3) is 0 Å². The fourth-order valence-corrected chi connectivity index (χ4v) is 2.76. The topological polar surface area (TPSA) is 64.6 Å². The molecule has 3 aromatic carbocycles. The zero-order valence-electron chi connectivity index (χ0n) is 16.6. The van der Waals surface area contributed by atoms with E-state index in [1.165, 1.54) is 5.56 Å². The lowest BCUT2D eigenvalue weighted by Crippen LogP contribution is -2.12. The number of amides is 1. The fourth-order valence-electron chi connectivity index (χ4n) is 2.63. The van der Waals surface area contributed by atoms with Gasteiger partial charge in [-0.2, -0.15) is 0 Å². The molecule has 154 valence electrons. The second kappa shape index (κ2) is 10.5. The summed E-state index contributed by atoms with van der Waals surface area (Å²) >= 11 is 5.84. The van der Waals surface area contributed by atoms with Crippen LogP contribution in [0.3, 0.4) is 0 Å². The summed E-state index contributed by atoms with van der Waals surface area (Å²) in [7, 11) is 0. The third-order valence-electron chi connectivity index (χ3n) is 4.27. The number of esters is 1. The minimum absolute atomic E-state index is 0.241. The molecule has 0 aliphatic carbocycles. The van der Waals surface area contributed by atoms with Gasteiger partial charge in [0.15, 0.2) is 0 Å². The molecule has 0 bridgehead atoms. The maximum Gasteiger partial charge on any atom is 0.311 e. The summed E-state index contributed by atoms with van der Waals surface area (Å²) in [6, 6.07) is 21.0. The molecule has 0 aliphatic rings. The Labute approximate surface area is 180 Å². The zero-order chi connectivity index (χ0) is 21.3. The Hall–Kier alpha value is -3.31. The summed E-state index contributed by atoms with van der Waals surface area (Å²) in [5.41, 5.74) is 2.27. The lowest BCUT2D eigenvalue weighted by Gasteiger charge is -2.08. The van der Waals surface area contributed by atoms with Crippen molar-refractivity contribution in [1.82, 2.24) is 0 Å². The van der Waals surface area contributed by atoms with Crippen molar-refractivity contribution < 1.29 is 19.1 Å². The molecule has 5 nitrogen and oxygen atoms in total. The molecule has 6 heteroatoms. The maximum absolute atomic E-state index is 12.3. The number of rotatable bonds is 8. The van der Waals surface area contributed by atoms with Crippen molar-refractivity contribution in [3.05, 3.63) is 88.9 Å². The van der Waals surface area contributed by atoms with Gasteiger partial charge < -0.3 is 14.8 Å². The molecule has 0 aromatic heterocycles. The first-order valence-electron chi connectivity index (χ1n) is 9.57. The maximum atomic E-state index is 12.3. The van der Waals surface area contributed by atoms with Gasteiger partial charge in [-0.1, -0.05) is 29.3 Å². The van der Waals surface area contributed by atoms with Crippen molar-refractivity contribution in [3.63, 3.8) is 0 Å². The quantitative estimate of drug-likeness (QED) is 0.288.